The molecule has 0 saturated carbocycles. The second-order valence-corrected chi connectivity index (χ2v) is 9.13. The van der Waals surface area contributed by atoms with Crippen molar-refractivity contribution >= 4 is 27.0 Å². The van der Waals surface area contributed by atoms with E-state index in [-0.39, 0.29) is 4.90 Å². The lowest BCUT2D eigenvalue weighted by Crippen LogP contribution is -2.26. The lowest BCUT2D eigenvalue weighted by molar-refractivity contribution is 0.414. The number of thiophene rings is 1. The topological polar surface area (TPSA) is 46.6 Å². The van der Waals surface area contributed by atoms with Gasteiger partial charge >= 0.3 is 0 Å². The first kappa shape index (κ1) is 18.5. The van der Waals surface area contributed by atoms with Crippen LogP contribution in [0.2, 0.25) is 0 Å². The van der Waals surface area contributed by atoms with Crippen LogP contribution in [0.15, 0.2) is 58.8 Å². The molecule has 3 aromatic rings. The Hall–Kier alpha value is -2.31. The molecule has 0 atom stereocenters. The van der Waals surface area contributed by atoms with Crippen LogP contribution in [0.5, 0.6) is 5.75 Å². The molecule has 0 fully saturated rings. The summed E-state index contributed by atoms with van der Waals surface area (Å²) in [5.41, 5.74) is 3.94. The van der Waals surface area contributed by atoms with Crippen molar-refractivity contribution < 1.29 is 13.2 Å². The maximum atomic E-state index is 13.0. The predicted molar refractivity (Wildman–Crippen MR) is 108 cm³/mol. The van der Waals surface area contributed by atoms with Crippen LogP contribution in [0.1, 0.15) is 10.4 Å². The smallest absolute Gasteiger partial charge is 0.264 e. The van der Waals surface area contributed by atoms with Crippen LogP contribution >= 0.6 is 11.3 Å². The summed E-state index contributed by atoms with van der Waals surface area (Å²) in [6.45, 7) is 4.11. The van der Waals surface area contributed by atoms with Gasteiger partial charge in [-0.05, 0) is 78.4 Å². The number of ether oxygens (including phenoxy) is 1. The van der Waals surface area contributed by atoms with Crippen molar-refractivity contribution in [3.8, 4) is 16.9 Å². The largest absolute Gasteiger partial charge is 0.497 e. The average molecular weight is 388 g/mol. The van der Waals surface area contributed by atoms with Crippen molar-refractivity contribution in [3.63, 3.8) is 0 Å². The van der Waals surface area contributed by atoms with Gasteiger partial charge in [-0.15, -0.1) is 11.3 Å². The van der Waals surface area contributed by atoms with Crippen LogP contribution in [0.25, 0.3) is 11.1 Å². The van der Waals surface area contributed by atoms with E-state index in [1.807, 2.05) is 25.1 Å². The summed E-state index contributed by atoms with van der Waals surface area (Å²) in [4.78, 5) is 1.44. The highest BCUT2D eigenvalue weighted by Gasteiger charge is 2.22. The zero-order chi connectivity index (χ0) is 18.9. The minimum Gasteiger partial charge on any atom is -0.497 e. The average Bonchev–Trinajstić information content (AvgIpc) is 3.07. The highest BCUT2D eigenvalue weighted by Crippen LogP contribution is 2.34. The standard InChI is InChI=1S/C20H21NO3S2/c1-14-5-6-16(13-20(14)19-11-12-25-15(19)2)21(3)26(22,23)18-9-7-17(24-4)8-10-18/h5-13H,1-4H3. The summed E-state index contributed by atoms with van der Waals surface area (Å²) in [6, 6.07) is 14.2. The summed E-state index contributed by atoms with van der Waals surface area (Å²) in [7, 11) is -0.516. The molecule has 0 spiro atoms. The highest BCUT2D eigenvalue weighted by molar-refractivity contribution is 7.92. The van der Waals surface area contributed by atoms with E-state index in [0.717, 1.165) is 16.7 Å². The van der Waals surface area contributed by atoms with Gasteiger partial charge in [-0.1, -0.05) is 6.07 Å². The molecule has 0 amide bonds. The molecule has 4 nitrogen and oxygen atoms in total. The van der Waals surface area contributed by atoms with Crippen molar-refractivity contribution in [3.05, 3.63) is 64.4 Å². The van der Waals surface area contributed by atoms with Gasteiger partial charge in [0.2, 0.25) is 0 Å². The summed E-state index contributed by atoms with van der Waals surface area (Å²) < 4.78 is 32.4. The second kappa shape index (κ2) is 7.13. The summed E-state index contributed by atoms with van der Waals surface area (Å²) in [5, 5.41) is 2.05. The zero-order valence-electron chi connectivity index (χ0n) is 15.2. The molecule has 26 heavy (non-hydrogen) atoms. The number of benzene rings is 2. The van der Waals surface area contributed by atoms with Gasteiger partial charge in [0.25, 0.3) is 10.0 Å². The van der Waals surface area contributed by atoms with Crippen molar-refractivity contribution in [2.75, 3.05) is 18.5 Å². The second-order valence-electron chi connectivity index (χ2n) is 6.04. The minimum atomic E-state index is -3.65. The molecule has 0 radical (unpaired) electrons. The Morgan fingerprint density at radius 3 is 2.23 bits per heavy atom. The van der Waals surface area contributed by atoms with Gasteiger partial charge in [0.1, 0.15) is 5.75 Å². The summed E-state index contributed by atoms with van der Waals surface area (Å²) in [6.07, 6.45) is 0. The van der Waals surface area contributed by atoms with E-state index in [0.29, 0.717) is 11.4 Å². The molecule has 0 N–H and O–H groups in total. The van der Waals surface area contributed by atoms with Gasteiger partial charge in [-0.3, -0.25) is 4.31 Å². The maximum Gasteiger partial charge on any atom is 0.264 e. The Labute approximate surface area is 158 Å². The number of methoxy groups -OCH3 is 1. The van der Waals surface area contributed by atoms with Crippen LogP contribution in [-0.2, 0) is 10.0 Å². The molecule has 0 aliphatic rings. The molecular weight excluding hydrogens is 366 g/mol. The molecule has 0 unspecified atom stereocenters. The number of hydrogen-bond acceptors (Lipinski definition) is 4. The molecule has 0 aliphatic carbocycles. The Morgan fingerprint density at radius 2 is 1.65 bits per heavy atom. The molecule has 3 rings (SSSR count). The van der Waals surface area contributed by atoms with E-state index in [1.165, 1.54) is 9.18 Å². The van der Waals surface area contributed by atoms with Gasteiger partial charge in [-0.2, -0.15) is 0 Å². The van der Waals surface area contributed by atoms with Gasteiger partial charge in [0.15, 0.2) is 0 Å². The Kier molecular flexibility index (Phi) is 5.07. The third kappa shape index (κ3) is 3.34. The number of hydrogen-bond donors (Lipinski definition) is 0. The van der Waals surface area contributed by atoms with Gasteiger partial charge in [0, 0.05) is 11.9 Å². The first-order chi connectivity index (χ1) is 12.3. The number of sulfonamides is 1. The van der Waals surface area contributed by atoms with E-state index < -0.39 is 10.0 Å². The first-order valence-electron chi connectivity index (χ1n) is 8.12. The molecule has 0 aliphatic heterocycles. The SMILES string of the molecule is COc1ccc(S(=O)(=O)N(C)c2ccc(C)c(-c3ccsc3C)c2)cc1. The molecule has 136 valence electrons. The molecule has 0 saturated heterocycles. The van der Waals surface area contributed by atoms with Crippen LogP contribution < -0.4 is 9.04 Å². The number of anilines is 1. The van der Waals surface area contributed by atoms with E-state index >= 15 is 0 Å². The van der Waals surface area contributed by atoms with Gasteiger partial charge < -0.3 is 4.74 Å². The highest BCUT2D eigenvalue weighted by atomic mass is 32.2. The fourth-order valence-electron chi connectivity index (χ4n) is 2.80. The third-order valence-electron chi connectivity index (χ3n) is 4.45. The van der Waals surface area contributed by atoms with E-state index in [4.69, 9.17) is 4.74 Å². The molecule has 0 bridgehead atoms. The molecular formula is C20H21NO3S2. The normalized spacial score (nSPS) is 11.4. The minimum absolute atomic E-state index is 0.231. The number of aryl methyl sites for hydroxylation is 2. The number of rotatable bonds is 5. The number of nitrogens with zero attached hydrogens (tertiary/aromatic N) is 1. The van der Waals surface area contributed by atoms with Crippen molar-refractivity contribution in [1.29, 1.82) is 0 Å². The fourth-order valence-corrected chi connectivity index (χ4v) is 4.71. The Balaban J connectivity index is 2.01. The molecule has 1 aromatic heterocycles. The van der Waals surface area contributed by atoms with Crippen LogP contribution in [0.3, 0.4) is 0 Å². The molecule has 2 aromatic carbocycles. The van der Waals surface area contributed by atoms with Crippen molar-refractivity contribution in [2.45, 2.75) is 18.7 Å². The third-order valence-corrected chi connectivity index (χ3v) is 7.10. The van der Waals surface area contributed by atoms with Crippen molar-refractivity contribution in [1.82, 2.24) is 0 Å². The van der Waals surface area contributed by atoms with Gasteiger partial charge in [-0.25, -0.2) is 8.42 Å². The lowest BCUT2D eigenvalue weighted by atomic mass is 10.0. The maximum absolute atomic E-state index is 13.0. The monoisotopic (exact) mass is 387 g/mol. The molecule has 6 heteroatoms. The van der Waals surface area contributed by atoms with E-state index in [9.17, 15) is 8.42 Å². The lowest BCUT2D eigenvalue weighted by Gasteiger charge is -2.21. The fraction of sp³-hybridized carbons (Fsp3) is 0.200. The van der Waals surface area contributed by atoms with Crippen molar-refractivity contribution in [2.24, 2.45) is 0 Å². The van der Waals surface area contributed by atoms with Crippen LogP contribution in [0, 0.1) is 13.8 Å². The summed E-state index contributed by atoms with van der Waals surface area (Å²) in [5.74, 6) is 0.622. The van der Waals surface area contributed by atoms with Crippen LogP contribution in [-0.4, -0.2) is 22.6 Å². The zero-order valence-corrected chi connectivity index (χ0v) is 16.8. The first-order valence-corrected chi connectivity index (χ1v) is 10.4. The Bertz CT molecular complexity index is 1020. The van der Waals surface area contributed by atoms with Crippen LogP contribution in [0.4, 0.5) is 5.69 Å². The van der Waals surface area contributed by atoms with E-state index in [1.54, 1.807) is 49.8 Å². The molecule has 1 heterocycles. The predicted octanol–water partition coefficient (Wildman–Crippen LogP) is 4.87. The quantitative estimate of drug-likeness (QED) is 0.628. The Morgan fingerprint density at radius 1 is 0.962 bits per heavy atom. The van der Waals surface area contributed by atoms with Gasteiger partial charge in [0.05, 0.1) is 17.7 Å². The summed E-state index contributed by atoms with van der Waals surface area (Å²) >= 11 is 1.68. The van der Waals surface area contributed by atoms with E-state index in [2.05, 4.69) is 18.4 Å².